The molecule has 0 saturated carbocycles. The zero-order valence-corrected chi connectivity index (χ0v) is 14.5. The maximum atomic E-state index is 9.74. The summed E-state index contributed by atoms with van der Waals surface area (Å²) in [7, 11) is 0. The van der Waals surface area contributed by atoms with Gasteiger partial charge in [-0.25, -0.2) is 4.98 Å². The molecule has 1 atom stereocenters. The molecule has 22 heavy (non-hydrogen) atoms. The first kappa shape index (κ1) is 17.1. The molecule has 2 N–H and O–H groups in total. The van der Waals surface area contributed by atoms with E-state index in [2.05, 4.69) is 60.7 Å². The van der Waals surface area contributed by atoms with Gasteiger partial charge in [0.1, 0.15) is 0 Å². The zero-order chi connectivity index (χ0) is 16.0. The second-order valence-electron chi connectivity index (χ2n) is 6.33. The Bertz CT molecular complexity index is 565. The van der Waals surface area contributed by atoms with Crippen molar-refractivity contribution in [2.45, 2.75) is 39.7 Å². The maximum Gasteiger partial charge on any atom is 0.0926 e. The quantitative estimate of drug-likeness (QED) is 0.782. The molecule has 0 radical (unpaired) electrons. The number of nitrogens with one attached hydrogen (secondary N) is 1. The molecule has 0 fully saturated rings. The Balaban J connectivity index is 2.01. The van der Waals surface area contributed by atoms with Gasteiger partial charge in [-0.3, -0.25) is 0 Å². The third-order valence-corrected chi connectivity index (χ3v) is 5.15. The van der Waals surface area contributed by atoms with Crippen LogP contribution in [0, 0.1) is 5.41 Å². The van der Waals surface area contributed by atoms with Crippen LogP contribution < -0.4 is 5.32 Å². The molecule has 120 valence electrons. The third kappa shape index (κ3) is 4.38. The van der Waals surface area contributed by atoms with Gasteiger partial charge >= 0.3 is 0 Å². The number of benzene rings is 1. The molecule has 0 spiro atoms. The topological polar surface area (TPSA) is 45.2 Å². The van der Waals surface area contributed by atoms with Gasteiger partial charge in [-0.15, -0.1) is 11.3 Å². The van der Waals surface area contributed by atoms with Gasteiger partial charge in [0, 0.05) is 31.0 Å². The molecule has 2 aromatic rings. The molecular formula is C18H26N2OS. The van der Waals surface area contributed by atoms with Gasteiger partial charge in [0.15, 0.2) is 0 Å². The van der Waals surface area contributed by atoms with E-state index in [-0.39, 0.29) is 17.9 Å². The fourth-order valence-electron chi connectivity index (χ4n) is 2.58. The van der Waals surface area contributed by atoms with Crippen molar-refractivity contribution < 1.29 is 5.11 Å². The Morgan fingerprint density at radius 2 is 2.00 bits per heavy atom. The summed E-state index contributed by atoms with van der Waals surface area (Å²) in [6, 6.07) is 10.4. The van der Waals surface area contributed by atoms with E-state index in [0.717, 1.165) is 25.2 Å². The highest BCUT2D eigenvalue weighted by molar-refractivity contribution is 7.09. The fraction of sp³-hybridized carbons (Fsp3) is 0.500. The number of thiazole rings is 1. The molecule has 4 heteroatoms. The van der Waals surface area contributed by atoms with Crippen molar-refractivity contribution in [3.8, 4) is 0 Å². The van der Waals surface area contributed by atoms with Crippen LogP contribution in [-0.4, -0.2) is 23.2 Å². The predicted molar refractivity (Wildman–Crippen MR) is 93.2 cm³/mol. The third-order valence-electron chi connectivity index (χ3n) is 4.11. The summed E-state index contributed by atoms with van der Waals surface area (Å²) >= 11 is 1.72. The Hall–Kier alpha value is -1.23. The molecule has 1 heterocycles. The van der Waals surface area contributed by atoms with Crippen molar-refractivity contribution in [2.24, 2.45) is 5.41 Å². The second-order valence-corrected chi connectivity index (χ2v) is 7.27. The van der Waals surface area contributed by atoms with Gasteiger partial charge in [-0.1, -0.05) is 51.1 Å². The summed E-state index contributed by atoms with van der Waals surface area (Å²) in [6.45, 7) is 8.14. The van der Waals surface area contributed by atoms with E-state index in [4.69, 9.17) is 0 Å². The molecule has 0 amide bonds. The molecule has 0 aliphatic carbocycles. The number of rotatable bonds is 8. The van der Waals surface area contributed by atoms with Gasteiger partial charge in [-0.05, 0) is 17.4 Å². The molecule has 3 nitrogen and oxygen atoms in total. The Morgan fingerprint density at radius 1 is 1.27 bits per heavy atom. The summed E-state index contributed by atoms with van der Waals surface area (Å²) < 4.78 is 0. The van der Waals surface area contributed by atoms with Crippen molar-refractivity contribution in [1.29, 1.82) is 0 Å². The minimum Gasteiger partial charge on any atom is -0.396 e. The van der Waals surface area contributed by atoms with Crippen LogP contribution in [0.3, 0.4) is 0 Å². The van der Waals surface area contributed by atoms with Crippen LogP contribution >= 0.6 is 11.3 Å². The molecule has 1 unspecified atom stereocenters. The largest absolute Gasteiger partial charge is 0.396 e. The van der Waals surface area contributed by atoms with Gasteiger partial charge in [-0.2, -0.15) is 0 Å². The minimum absolute atomic E-state index is 0.162. The fourth-order valence-corrected chi connectivity index (χ4v) is 3.32. The van der Waals surface area contributed by atoms with Crippen LogP contribution in [0.5, 0.6) is 0 Å². The number of aryl methyl sites for hydroxylation is 1. The standard InChI is InChI=1S/C18H26N2OS/c1-4-17-20-15(12-22-17)10-19-11-16(18(2,3)13-21)14-8-6-5-7-9-14/h5-9,12,16,19,21H,4,10-11,13H2,1-3H3. The first-order valence-electron chi connectivity index (χ1n) is 7.86. The number of hydrogen-bond donors (Lipinski definition) is 2. The smallest absolute Gasteiger partial charge is 0.0926 e. The summed E-state index contributed by atoms with van der Waals surface area (Å²) in [5.74, 6) is 0.267. The molecule has 2 rings (SSSR count). The van der Waals surface area contributed by atoms with Crippen molar-refractivity contribution in [1.82, 2.24) is 10.3 Å². The highest BCUT2D eigenvalue weighted by Crippen LogP contribution is 2.34. The van der Waals surface area contributed by atoms with E-state index in [1.165, 1.54) is 10.6 Å². The van der Waals surface area contributed by atoms with Gasteiger partial charge in [0.2, 0.25) is 0 Å². The van der Waals surface area contributed by atoms with Gasteiger partial charge in [0.05, 0.1) is 10.7 Å². The van der Waals surface area contributed by atoms with Crippen LogP contribution in [0.2, 0.25) is 0 Å². The maximum absolute atomic E-state index is 9.74. The Kier molecular flexibility index (Phi) is 6.12. The van der Waals surface area contributed by atoms with Crippen molar-refractivity contribution in [3.05, 3.63) is 52.0 Å². The van der Waals surface area contributed by atoms with Crippen LogP contribution in [0.15, 0.2) is 35.7 Å². The van der Waals surface area contributed by atoms with Crippen molar-refractivity contribution in [3.63, 3.8) is 0 Å². The average Bonchev–Trinajstić information content (AvgIpc) is 3.00. The lowest BCUT2D eigenvalue weighted by molar-refractivity contribution is 0.129. The molecule has 0 bridgehead atoms. The SMILES string of the molecule is CCc1nc(CNCC(c2ccccc2)C(C)(C)CO)cs1. The molecular weight excluding hydrogens is 292 g/mol. The van der Waals surface area contributed by atoms with E-state index >= 15 is 0 Å². The van der Waals surface area contributed by atoms with Crippen LogP contribution in [-0.2, 0) is 13.0 Å². The summed E-state index contributed by atoms with van der Waals surface area (Å²) in [6.07, 6.45) is 0.995. The van der Waals surface area contributed by atoms with Crippen molar-refractivity contribution >= 4 is 11.3 Å². The molecule has 0 aliphatic rings. The predicted octanol–water partition coefficient (Wildman–Crippen LogP) is 3.60. The highest BCUT2D eigenvalue weighted by Gasteiger charge is 2.29. The number of aromatic nitrogens is 1. The summed E-state index contributed by atoms with van der Waals surface area (Å²) in [5.41, 5.74) is 2.21. The molecule has 0 aliphatic heterocycles. The van der Waals surface area contributed by atoms with Crippen LogP contribution in [0.1, 0.15) is 43.0 Å². The molecule has 1 aromatic heterocycles. The molecule has 0 saturated heterocycles. The number of aliphatic hydroxyl groups excluding tert-OH is 1. The van der Waals surface area contributed by atoms with Crippen LogP contribution in [0.4, 0.5) is 0 Å². The van der Waals surface area contributed by atoms with Crippen molar-refractivity contribution in [2.75, 3.05) is 13.2 Å². The summed E-state index contributed by atoms with van der Waals surface area (Å²) in [5, 5.41) is 16.6. The normalized spacial score (nSPS) is 13.3. The van der Waals surface area contributed by atoms with E-state index in [9.17, 15) is 5.11 Å². The highest BCUT2D eigenvalue weighted by atomic mass is 32.1. The lowest BCUT2D eigenvalue weighted by Crippen LogP contribution is -2.34. The number of hydrogen-bond acceptors (Lipinski definition) is 4. The molecule has 1 aromatic carbocycles. The average molecular weight is 318 g/mol. The monoisotopic (exact) mass is 318 g/mol. The lowest BCUT2D eigenvalue weighted by atomic mass is 9.75. The number of aliphatic hydroxyl groups is 1. The Morgan fingerprint density at radius 3 is 2.59 bits per heavy atom. The summed E-state index contributed by atoms with van der Waals surface area (Å²) in [4.78, 5) is 4.59. The lowest BCUT2D eigenvalue weighted by Gasteiger charge is -2.33. The van der Waals surface area contributed by atoms with Gasteiger partial charge in [0.25, 0.3) is 0 Å². The Labute approximate surface area is 137 Å². The first-order chi connectivity index (χ1) is 10.6. The van der Waals surface area contributed by atoms with E-state index in [1.54, 1.807) is 11.3 Å². The minimum atomic E-state index is -0.162. The van der Waals surface area contributed by atoms with Crippen LogP contribution in [0.25, 0.3) is 0 Å². The van der Waals surface area contributed by atoms with E-state index < -0.39 is 0 Å². The second kappa shape index (κ2) is 7.86. The van der Waals surface area contributed by atoms with E-state index in [0.29, 0.717) is 0 Å². The van der Waals surface area contributed by atoms with Gasteiger partial charge < -0.3 is 10.4 Å². The van der Waals surface area contributed by atoms with E-state index in [1.807, 2.05) is 6.07 Å². The zero-order valence-electron chi connectivity index (χ0n) is 13.7. The first-order valence-corrected chi connectivity index (χ1v) is 8.74. The number of nitrogens with zero attached hydrogens (tertiary/aromatic N) is 1.